The smallest absolute Gasteiger partial charge is 0.323 e. The van der Waals surface area contributed by atoms with Crippen molar-refractivity contribution < 1.29 is 27.5 Å². The van der Waals surface area contributed by atoms with Gasteiger partial charge in [0.15, 0.2) is 5.41 Å². The van der Waals surface area contributed by atoms with Gasteiger partial charge in [0.1, 0.15) is 0 Å². The molecule has 1 aliphatic heterocycles. The molecule has 1 saturated carbocycles. The number of fused-ring (bicyclic) bond motifs is 3. The first kappa shape index (κ1) is 22.7. The summed E-state index contributed by atoms with van der Waals surface area (Å²) >= 11 is 0. The molecule has 7 nitrogen and oxygen atoms in total. The maximum Gasteiger partial charge on any atom is 0.323 e. The normalized spacial score (nSPS) is 24.9. The van der Waals surface area contributed by atoms with Crippen LogP contribution in [0, 0.1) is 24.2 Å². The maximum atomic E-state index is 13.3. The second kappa shape index (κ2) is 7.85. The molecule has 0 amide bonds. The van der Waals surface area contributed by atoms with Crippen molar-refractivity contribution in [2.24, 2.45) is 17.3 Å². The van der Waals surface area contributed by atoms with E-state index in [1.54, 1.807) is 24.3 Å². The minimum atomic E-state index is -3.66. The van der Waals surface area contributed by atoms with Gasteiger partial charge in [-0.2, -0.15) is 4.31 Å². The molecule has 0 spiro atoms. The van der Waals surface area contributed by atoms with Crippen LogP contribution >= 0.6 is 0 Å². The lowest BCUT2D eigenvalue weighted by molar-refractivity contribution is -0.168. The SMILES string of the molecule is COC(=O)C1(C(=O)OC)CC2=C(C)C(C)=C3CN(S(=O)(=O)c4ccc(C)cc4)C[C@@H]3[C@H]2C1. The third kappa shape index (κ3) is 3.23. The van der Waals surface area contributed by atoms with E-state index in [1.807, 2.05) is 20.8 Å². The third-order valence-corrected chi connectivity index (χ3v) is 9.35. The first-order chi connectivity index (χ1) is 15.1. The lowest BCUT2D eigenvalue weighted by atomic mass is 9.74. The molecule has 1 heterocycles. The van der Waals surface area contributed by atoms with Crippen molar-refractivity contribution in [3.63, 3.8) is 0 Å². The Balaban J connectivity index is 1.71. The van der Waals surface area contributed by atoms with Crippen molar-refractivity contribution in [2.45, 2.75) is 38.5 Å². The van der Waals surface area contributed by atoms with Gasteiger partial charge in [-0.3, -0.25) is 9.59 Å². The van der Waals surface area contributed by atoms with Gasteiger partial charge in [-0.15, -0.1) is 0 Å². The van der Waals surface area contributed by atoms with Crippen LogP contribution in [0.25, 0.3) is 0 Å². The Morgan fingerprint density at radius 3 is 2.06 bits per heavy atom. The number of carbonyl (C=O) groups is 2. The molecule has 0 bridgehead atoms. The van der Waals surface area contributed by atoms with Crippen molar-refractivity contribution in [3.05, 3.63) is 52.1 Å². The van der Waals surface area contributed by atoms with E-state index < -0.39 is 27.4 Å². The summed E-state index contributed by atoms with van der Waals surface area (Å²) in [6.45, 7) is 6.54. The Morgan fingerprint density at radius 1 is 0.938 bits per heavy atom. The Labute approximate surface area is 189 Å². The lowest BCUT2D eigenvalue weighted by Crippen LogP contribution is -2.39. The van der Waals surface area contributed by atoms with Crippen molar-refractivity contribution in [3.8, 4) is 0 Å². The van der Waals surface area contributed by atoms with Crippen LogP contribution in [0.5, 0.6) is 0 Å². The molecule has 0 N–H and O–H groups in total. The van der Waals surface area contributed by atoms with Gasteiger partial charge in [0.2, 0.25) is 10.0 Å². The summed E-state index contributed by atoms with van der Waals surface area (Å²) in [5, 5.41) is 0. The van der Waals surface area contributed by atoms with Crippen LogP contribution in [0.3, 0.4) is 0 Å². The van der Waals surface area contributed by atoms with Gasteiger partial charge in [-0.1, -0.05) is 23.3 Å². The van der Waals surface area contributed by atoms with E-state index in [9.17, 15) is 18.0 Å². The Kier molecular flexibility index (Phi) is 5.57. The van der Waals surface area contributed by atoms with E-state index in [1.165, 1.54) is 18.5 Å². The fourth-order valence-corrected chi connectivity index (χ4v) is 7.04. The fourth-order valence-electron chi connectivity index (χ4n) is 5.60. The molecule has 3 aliphatic rings. The van der Waals surface area contributed by atoms with Gasteiger partial charge in [-0.25, -0.2) is 8.42 Å². The predicted molar refractivity (Wildman–Crippen MR) is 118 cm³/mol. The molecule has 0 unspecified atom stereocenters. The molecule has 2 atom stereocenters. The highest BCUT2D eigenvalue weighted by Gasteiger charge is 2.59. The zero-order chi connectivity index (χ0) is 23.4. The number of carbonyl (C=O) groups excluding carboxylic acids is 2. The van der Waals surface area contributed by atoms with Gasteiger partial charge < -0.3 is 9.47 Å². The molecule has 0 radical (unpaired) electrons. The minimum Gasteiger partial charge on any atom is -0.468 e. The lowest BCUT2D eigenvalue weighted by Gasteiger charge is -2.30. The molecule has 0 aromatic heterocycles. The number of methoxy groups -OCH3 is 2. The molecule has 2 aliphatic carbocycles. The summed E-state index contributed by atoms with van der Waals surface area (Å²) in [6.07, 6.45) is 0.508. The van der Waals surface area contributed by atoms with Crippen LogP contribution in [0.2, 0.25) is 0 Å². The van der Waals surface area contributed by atoms with Crippen LogP contribution in [-0.2, 0) is 29.1 Å². The monoisotopic (exact) mass is 459 g/mol. The standard InChI is InChI=1S/C24H29NO6S/c1-14-6-8-17(9-7-14)32(28,29)25-12-20-16(3)15(2)18-10-24(22(26)30-4,23(27)31-5)11-19(18)21(20)13-25/h6-9,19,21H,10-13H2,1-5H3/t19-,21+/m0/s1. The summed E-state index contributed by atoms with van der Waals surface area (Å²) in [6, 6.07) is 6.86. The largest absolute Gasteiger partial charge is 0.468 e. The molecular formula is C24H29NO6S. The van der Waals surface area contributed by atoms with E-state index in [2.05, 4.69) is 0 Å². The minimum absolute atomic E-state index is 0.0786. The maximum absolute atomic E-state index is 13.3. The Hall–Kier alpha value is -2.45. The van der Waals surface area contributed by atoms with Crippen LogP contribution in [0.1, 0.15) is 32.3 Å². The summed E-state index contributed by atoms with van der Waals surface area (Å²) in [5.41, 5.74) is 3.79. The molecule has 1 aromatic rings. The van der Waals surface area contributed by atoms with Crippen molar-refractivity contribution >= 4 is 22.0 Å². The summed E-state index contributed by atoms with van der Waals surface area (Å²) < 4.78 is 38.2. The number of benzene rings is 1. The van der Waals surface area contributed by atoms with E-state index in [0.717, 1.165) is 27.9 Å². The second-order valence-corrected chi connectivity index (χ2v) is 11.0. The van der Waals surface area contributed by atoms with E-state index in [0.29, 0.717) is 13.1 Å². The first-order valence-electron chi connectivity index (χ1n) is 10.7. The number of hydrogen-bond donors (Lipinski definition) is 0. The quantitative estimate of drug-likeness (QED) is 0.508. The van der Waals surface area contributed by atoms with Gasteiger partial charge in [0.25, 0.3) is 0 Å². The highest BCUT2D eigenvalue weighted by Crippen LogP contribution is 2.57. The van der Waals surface area contributed by atoms with Crippen LogP contribution in [0.15, 0.2) is 51.5 Å². The van der Waals surface area contributed by atoms with Crippen LogP contribution in [-0.4, -0.2) is 52.0 Å². The highest BCUT2D eigenvalue weighted by molar-refractivity contribution is 7.89. The van der Waals surface area contributed by atoms with Crippen molar-refractivity contribution in [1.82, 2.24) is 4.31 Å². The molecule has 1 aromatic carbocycles. The first-order valence-corrected chi connectivity index (χ1v) is 12.1. The fraction of sp³-hybridized carbons (Fsp3) is 0.500. The van der Waals surface area contributed by atoms with E-state index in [4.69, 9.17) is 9.47 Å². The Bertz CT molecular complexity index is 1130. The van der Waals surface area contributed by atoms with Gasteiger partial charge >= 0.3 is 11.9 Å². The van der Waals surface area contributed by atoms with Crippen LogP contribution < -0.4 is 0 Å². The highest BCUT2D eigenvalue weighted by atomic mass is 32.2. The summed E-state index contributed by atoms with van der Waals surface area (Å²) in [7, 11) is -1.11. The molecule has 4 rings (SSSR count). The summed E-state index contributed by atoms with van der Waals surface area (Å²) in [5.74, 6) is -1.38. The van der Waals surface area contributed by atoms with Gasteiger partial charge in [-0.05, 0) is 68.4 Å². The molecular weight excluding hydrogens is 430 g/mol. The number of rotatable bonds is 4. The number of sulfonamides is 1. The molecule has 2 fully saturated rings. The number of aryl methyl sites for hydroxylation is 1. The molecule has 1 saturated heterocycles. The summed E-state index contributed by atoms with van der Waals surface area (Å²) in [4.78, 5) is 25.7. The van der Waals surface area contributed by atoms with E-state index >= 15 is 0 Å². The third-order valence-electron chi connectivity index (χ3n) is 7.53. The van der Waals surface area contributed by atoms with Gasteiger partial charge in [0.05, 0.1) is 19.1 Å². The number of nitrogens with zero attached hydrogens (tertiary/aromatic N) is 1. The average Bonchev–Trinajstić information content (AvgIpc) is 3.40. The van der Waals surface area contributed by atoms with E-state index in [-0.39, 0.29) is 29.6 Å². The Morgan fingerprint density at radius 2 is 1.50 bits per heavy atom. The van der Waals surface area contributed by atoms with Crippen LogP contribution in [0.4, 0.5) is 0 Å². The molecule has 8 heteroatoms. The average molecular weight is 460 g/mol. The number of hydrogen-bond acceptors (Lipinski definition) is 6. The predicted octanol–water partition coefficient (Wildman–Crippen LogP) is 3.00. The number of ether oxygens (including phenoxy) is 2. The number of esters is 2. The van der Waals surface area contributed by atoms with Crippen molar-refractivity contribution in [2.75, 3.05) is 27.3 Å². The zero-order valence-corrected chi connectivity index (χ0v) is 19.9. The molecule has 32 heavy (non-hydrogen) atoms. The van der Waals surface area contributed by atoms with Gasteiger partial charge in [0, 0.05) is 19.0 Å². The molecule has 172 valence electrons. The van der Waals surface area contributed by atoms with Crippen molar-refractivity contribution in [1.29, 1.82) is 0 Å². The zero-order valence-electron chi connectivity index (χ0n) is 19.1. The second-order valence-electron chi connectivity index (χ2n) is 9.07. The number of allylic oxidation sites excluding steroid dienone is 3. The topological polar surface area (TPSA) is 90.0 Å².